The number of benzene rings is 1. The SMILES string of the molecule is COC[C@H](C)NC(=O)[C@H](C)NS(=O)(=O)c1cc(Cl)ccc1Cl. The van der Waals surface area contributed by atoms with Gasteiger partial charge in [-0.1, -0.05) is 23.2 Å². The molecule has 0 aromatic heterocycles. The van der Waals surface area contributed by atoms with Gasteiger partial charge in [0.05, 0.1) is 17.7 Å². The lowest BCUT2D eigenvalue weighted by Crippen LogP contribution is -2.48. The van der Waals surface area contributed by atoms with Crippen molar-refractivity contribution in [1.82, 2.24) is 10.0 Å². The van der Waals surface area contributed by atoms with E-state index < -0.39 is 22.0 Å². The number of nitrogens with one attached hydrogen (secondary N) is 2. The van der Waals surface area contributed by atoms with Crippen molar-refractivity contribution in [1.29, 1.82) is 0 Å². The van der Waals surface area contributed by atoms with Crippen LogP contribution in [0.4, 0.5) is 0 Å². The van der Waals surface area contributed by atoms with Gasteiger partial charge in [-0.15, -0.1) is 0 Å². The van der Waals surface area contributed by atoms with Crippen molar-refractivity contribution >= 4 is 39.1 Å². The molecular formula is C13H18Cl2N2O4S. The molecule has 0 saturated heterocycles. The molecule has 2 N–H and O–H groups in total. The highest BCUT2D eigenvalue weighted by Gasteiger charge is 2.25. The van der Waals surface area contributed by atoms with Gasteiger partial charge in [0, 0.05) is 18.2 Å². The van der Waals surface area contributed by atoms with E-state index in [9.17, 15) is 13.2 Å². The third kappa shape index (κ3) is 5.40. The predicted octanol–water partition coefficient (Wildman–Crippen LogP) is 1.81. The molecule has 0 bridgehead atoms. The van der Waals surface area contributed by atoms with Crippen LogP contribution in [0.1, 0.15) is 13.8 Å². The molecular weight excluding hydrogens is 351 g/mol. The molecule has 2 atom stereocenters. The first-order valence-electron chi connectivity index (χ1n) is 6.44. The fourth-order valence-corrected chi connectivity index (χ4v) is 3.66. The van der Waals surface area contributed by atoms with Gasteiger partial charge in [0.2, 0.25) is 15.9 Å². The Morgan fingerprint density at radius 2 is 1.95 bits per heavy atom. The first kappa shape index (κ1) is 19.2. The Morgan fingerprint density at radius 3 is 2.55 bits per heavy atom. The van der Waals surface area contributed by atoms with Gasteiger partial charge in [-0.05, 0) is 32.0 Å². The number of carbonyl (C=O) groups is 1. The summed E-state index contributed by atoms with van der Waals surface area (Å²) in [5.74, 6) is -0.466. The average Bonchev–Trinajstić information content (AvgIpc) is 2.41. The summed E-state index contributed by atoms with van der Waals surface area (Å²) in [7, 11) is -2.45. The number of amides is 1. The van der Waals surface area contributed by atoms with Crippen LogP contribution < -0.4 is 10.0 Å². The number of hydrogen-bond acceptors (Lipinski definition) is 4. The number of methoxy groups -OCH3 is 1. The van der Waals surface area contributed by atoms with E-state index in [2.05, 4.69) is 10.0 Å². The molecule has 0 radical (unpaired) electrons. The maximum atomic E-state index is 12.3. The molecule has 0 aliphatic rings. The lowest BCUT2D eigenvalue weighted by molar-refractivity contribution is -0.123. The van der Waals surface area contributed by atoms with Gasteiger partial charge in [0.1, 0.15) is 4.90 Å². The molecule has 1 aromatic carbocycles. The summed E-state index contributed by atoms with van der Waals surface area (Å²) >= 11 is 11.7. The second-order valence-corrected chi connectivity index (χ2v) is 7.31. The van der Waals surface area contributed by atoms with E-state index in [0.29, 0.717) is 6.61 Å². The molecule has 22 heavy (non-hydrogen) atoms. The second kappa shape index (κ2) is 8.12. The van der Waals surface area contributed by atoms with Crippen molar-refractivity contribution in [2.75, 3.05) is 13.7 Å². The van der Waals surface area contributed by atoms with Crippen LogP contribution in [0, 0.1) is 0 Å². The fraction of sp³-hybridized carbons (Fsp3) is 0.462. The summed E-state index contributed by atoms with van der Waals surface area (Å²) in [6.45, 7) is 3.51. The normalized spacial score (nSPS) is 14.4. The minimum atomic E-state index is -3.96. The smallest absolute Gasteiger partial charge is 0.242 e. The topological polar surface area (TPSA) is 84.5 Å². The van der Waals surface area contributed by atoms with Crippen LogP contribution >= 0.6 is 23.2 Å². The predicted molar refractivity (Wildman–Crippen MR) is 85.7 cm³/mol. The zero-order valence-corrected chi connectivity index (χ0v) is 14.7. The highest BCUT2D eigenvalue weighted by Crippen LogP contribution is 2.24. The Balaban J connectivity index is 2.83. The first-order chi connectivity index (χ1) is 10.2. The van der Waals surface area contributed by atoms with Crippen molar-refractivity contribution in [2.24, 2.45) is 0 Å². The number of carbonyl (C=O) groups excluding carboxylic acids is 1. The van der Waals surface area contributed by atoms with E-state index in [1.165, 1.54) is 32.2 Å². The van der Waals surface area contributed by atoms with Crippen LogP contribution in [0.3, 0.4) is 0 Å². The third-order valence-corrected chi connectivity index (χ3v) is 4.97. The summed E-state index contributed by atoms with van der Waals surface area (Å²) in [5, 5.41) is 2.89. The van der Waals surface area contributed by atoms with Crippen molar-refractivity contribution in [2.45, 2.75) is 30.8 Å². The number of ether oxygens (including phenoxy) is 1. The molecule has 0 fully saturated rings. The summed E-state index contributed by atoms with van der Waals surface area (Å²) in [6, 6.07) is 2.87. The summed E-state index contributed by atoms with van der Waals surface area (Å²) in [4.78, 5) is 11.8. The third-order valence-electron chi connectivity index (χ3n) is 2.71. The number of hydrogen-bond donors (Lipinski definition) is 2. The Kier molecular flexibility index (Phi) is 7.08. The van der Waals surface area contributed by atoms with E-state index in [4.69, 9.17) is 27.9 Å². The minimum Gasteiger partial charge on any atom is -0.383 e. The van der Waals surface area contributed by atoms with Crippen LogP contribution in [0.25, 0.3) is 0 Å². The quantitative estimate of drug-likeness (QED) is 0.768. The molecule has 9 heteroatoms. The van der Waals surface area contributed by atoms with Gasteiger partial charge in [0.15, 0.2) is 0 Å². The standard InChI is InChI=1S/C13H18Cl2N2O4S/c1-8(7-21-3)16-13(18)9(2)17-22(19,20)12-6-10(14)4-5-11(12)15/h4-6,8-9,17H,7H2,1-3H3,(H,16,18)/t8-,9-/m0/s1. The summed E-state index contributed by atoms with van der Waals surface area (Å²) < 4.78 is 31.7. The number of sulfonamides is 1. The number of rotatable bonds is 7. The van der Waals surface area contributed by atoms with E-state index >= 15 is 0 Å². The molecule has 0 unspecified atom stereocenters. The monoisotopic (exact) mass is 368 g/mol. The Morgan fingerprint density at radius 1 is 1.32 bits per heavy atom. The highest BCUT2D eigenvalue weighted by molar-refractivity contribution is 7.89. The van der Waals surface area contributed by atoms with Gasteiger partial charge in [-0.25, -0.2) is 8.42 Å². The average molecular weight is 369 g/mol. The van der Waals surface area contributed by atoms with Gasteiger partial charge < -0.3 is 10.1 Å². The summed E-state index contributed by atoms with van der Waals surface area (Å²) in [5.41, 5.74) is 0. The zero-order valence-electron chi connectivity index (χ0n) is 12.4. The molecule has 6 nitrogen and oxygen atoms in total. The molecule has 124 valence electrons. The lowest BCUT2D eigenvalue weighted by atomic mass is 10.3. The molecule has 0 aliphatic carbocycles. The van der Waals surface area contributed by atoms with Crippen LogP contribution in [-0.4, -0.2) is 40.1 Å². The molecule has 1 amide bonds. The van der Waals surface area contributed by atoms with Gasteiger partial charge in [-0.2, -0.15) is 4.72 Å². The van der Waals surface area contributed by atoms with Crippen molar-refractivity contribution in [3.8, 4) is 0 Å². The maximum absolute atomic E-state index is 12.3. The largest absolute Gasteiger partial charge is 0.383 e. The van der Waals surface area contributed by atoms with Gasteiger partial charge in [0.25, 0.3) is 0 Å². The molecule has 0 heterocycles. The van der Waals surface area contributed by atoms with E-state index in [-0.39, 0.29) is 21.0 Å². The number of halogens is 2. The lowest BCUT2D eigenvalue weighted by Gasteiger charge is -2.18. The molecule has 0 aliphatic heterocycles. The Labute approximate surface area is 140 Å². The van der Waals surface area contributed by atoms with E-state index in [1.54, 1.807) is 6.92 Å². The van der Waals surface area contributed by atoms with Crippen molar-refractivity contribution in [3.63, 3.8) is 0 Å². The maximum Gasteiger partial charge on any atom is 0.242 e. The van der Waals surface area contributed by atoms with Crippen molar-refractivity contribution in [3.05, 3.63) is 28.2 Å². The Bertz CT molecular complexity index is 637. The van der Waals surface area contributed by atoms with Crippen LogP contribution in [0.15, 0.2) is 23.1 Å². The van der Waals surface area contributed by atoms with E-state index in [0.717, 1.165) is 0 Å². The summed E-state index contributed by atoms with van der Waals surface area (Å²) in [6.07, 6.45) is 0. The van der Waals surface area contributed by atoms with Gasteiger partial charge >= 0.3 is 0 Å². The molecule has 0 saturated carbocycles. The molecule has 0 spiro atoms. The molecule has 1 rings (SSSR count). The zero-order chi connectivity index (χ0) is 16.9. The fourth-order valence-electron chi connectivity index (χ4n) is 1.69. The highest BCUT2D eigenvalue weighted by atomic mass is 35.5. The first-order valence-corrected chi connectivity index (χ1v) is 8.68. The minimum absolute atomic E-state index is 0.0252. The Hall–Kier alpha value is -0.860. The van der Waals surface area contributed by atoms with Crippen LogP contribution in [0.5, 0.6) is 0 Å². The molecule has 1 aromatic rings. The second-order valence-electron chi connectivity index (χ2n) is 4.78. The van der Waals surface area contributed by atoms with Crippen LogP contribution in [0.2, 0.25) is 10.0 Å². The van der Waals surface area contributed by atoms with E-state index in [1.807, 2.05) is 0 Å². The van der Waals surface area contributed by atoms with Gasteiger partial charge in [-0.3, -0.25) is 4.79 Å². The van der Waals surface area contributed by atoms with Crippen molar-refractivity contribution < 1.29 is 17.9 Å². The van der Waals surface area contributed by atoms with Crippen LogP contribution in [-0.2, 0) is 19.6 Å².